The minimum absolute atomic E-state index is 0.280. The number of rotatable bonds is 2. The number of hydrogen-bond acceptors (Lipinski definition) is 5. The Kier molecular flexibility index (Phi) is 4.69. The summed E-state index contributed by atoms with van der Waals surface area (Å²) < 4.78 is 15.8. The SMILES string of the molecule is COC(=O)C(C)[C@H]1COC(C)(C)N1C(=O)OC(C)(C)C. The minimum atomic E-state index is -0.810. The van der Waals surface area contributed by atoms with Crippen LogP contribution >= 0.6 is 0 Å². The maximum Gasteiger partial charge on any atom is 0.412 e. The van der Waals surface area contributed by atoms with Crippen molar-refractivity contribution in [3.8, 4) is 0 Å². The van der Waals surface area contributed by atoms with Crippen LogP contribution in [-0.2, 0) is 19.0 Å². The molecule has 0 radical (unpaired) electrons. The molecule has 1 saturated heterocycles. The monoisotopic (exact) mass is 287 g/mol. The van der Waals surface area contributed by atoms with Crippen molar-refractivity contribution in [1.29, 1.82) is 0 Å². The molecule has 0 aromatic carbocycles. The van der Waals surface area contributed by atoms with Gasteiger partial charge in [-0.2, -0.15) is 0 Å². The van der Waals surface area contributed by atoms with Crippen LogP contribution in [0.15, 0.2) is 0 Å². The molecule has 0 aromatic heterocycles. The molecule has 1 heterocycles. The van der Waals surface area contributed by atoms with Crippen LogP contribution in [-0.4, -0.2) is 48.0 Å². The second-order valence-corrected chi connectivity index (χ2v) is 6.49. The maximum absolute atomic E-state index is 12.4. The first-order valence-electron chi connectivity index (χ1n) is 6.73. The van der Waals surface area contributed by atoms with Crippen LogP contribution < -0.4 is 0 Å². The summed E-state index contributed by atoms with van der Waals surface area (Å²) in [5, 5.41) is 0. The predicted octanol–water partition coefficient (Wildman–Crippen LogP) is 2.17. The predicted molar refractivity (Wildman–Crippen MR) is 73.1 cm³/mol. The molecule has 0 aliphatic carbocycles. The van der Waals surface area contributed by atoms with Crippen molar-refractivity contribution < 1.29 is 23.8 Å². The number of nitrogens with zero attached hydrogens (tertiary/aromatic N) is 1. The lowest BCUT2D eigenvalue weighted by molar-refractivity contribution is -0.146. The molecule has 1 unspecified atom stereocenters. The molecule has 1 amide bonds. The van der Waals surface area contributed by atoms with E-state index >= 15 is 0 Å². The first-order valence-corrected chi connectivity index (χ1v) is 6.73. The van der Waals surface area contributed by atoms with Crippen LogP contribution in [0.3, 0.4) is 0 Å². The highest BCUT2D eigenvalue weighted by molar-refractivity contribution is 5.75. The lowest BCUT2D eigenvalue weighted by Gasteiger charge is -2.36. The Morgan fingerprint density at radius 3 is 2.35 bits per heavy atom. The molecule has 2 atom stereocenters. The number of ether oxygens (including phenoxy) is 3. The van der Waals surface area contributed by atoms with Crippen LogP contribution in [0.4, 0.5) is 4.79 Å². The van der Waals surface area contributed by atoms with E-state index in [2.05, 4.69) is 0 Å². The maximum atomic E-state index is 12.4. The highest BCUT2D eigenvalue weighted by Crippen LogP contribution is 2.33. The van der Waals surface area contributed by atoms with Gasteiger partial charge in [0.15, 0.2) is 0 Å². The van der Waals surface area contributed by atoms with E-state index in [0.717, 1.165) is 0 Å². The van der Waals surface area contributed by atoms with Gasteiger partial charge in [0.1, 0.15) is 11.3 Å². The van der Waals surface area contributed by atoms with Crippen LogP contribution in [0.5, 0.6) is 0 Å². The standard InChI is InChI=1S/C14H25NO5/c1-9(11(16)18-7)10-8-19-14(5,6)15(10)12(17)20-13(2,3)4/h9-10H,8H2,1-7H3/t9?,10-/m1/s1. The number of esters is 1. The fraction of sp³-hybridized carbons (Fsp3) is 0.857. The number of hydrogen-bond donors (Lipinski definition) is 0. The molecular weight excluding hydrogens is 262 g/mol. The molecule has 1 aliphatic rings. The Labute approximate surface area is 120 Å². The Balaban J connectivity index is 2.96. The highest BCUT2D eigenvalue weighted by Gasteiger charge is 2.49. The molecule has 1 aliphatic heterocycles. The molecular formula is C14H25NO5. The van der Waals surface area contributed by atoms with Gasteiger partial charge in [-0.3, -0.25) is 9.69 Å². The number of carbonyl (C=O) groups excluding carboxylic acids is 2. The third kappa shape index (κ3) is 3.62. The molecule has 1 rings (SSSR count). The number of methoxy groups -OCH3 is 1. The van der Waals surface area contributed by atoms with Gasteiger partial charge in [-0.25, -0.2) is 4.79 Å². The van der Waals surface area contributed by atoms with E-state index in [1.807, 2.05) is 0 Å². The molecule has 116 valence electrons. The van der Waals surface area contributed by atoms with Gasteiger partial charge in [0.25, 0.3) is 0 Å². The summed E-state index contributed by atoms with van der Waals surface area (Å²) in [6.07, 6.45) is -0.485. The second-order valence-electron chi connectivity index (χ2n) is 6.49. The van der Waals surface area contributed by atoms with Crippen molar-refractivity contribution in [2.75, 3.05) is 13.7 Å². The largest absolute Gasteiger partial charge is 0.469 e. The molecule has 0 saturated carbocycles. The summed E-state index contributed by atoms with van der Waals surface area (Å²) in [5.74, 6) is -0.848. The Bertz CT molecular complexity index is 386. The quantitative estimate of drug-likeness (QED) is 0.728. The Morgan fingerprint density at radius 2 is 1.90 bits per heavy atom. The Morgan fingerprint density at radius 1 is 1.35 bits per heavy atom. The van der Waals surface area contributed by atoms with E-state index in [0.29, 0.717) is 0 Å². The fourth-order valence-electron chi connectivity index (χ4n) is 2.21. The van der Waals surface area contributed by atoms with E-state index in [4.69, 9.17) is 14.2 Å². The molecule has 0 bridgehead atoms. The van der Waals surface area contributed by atoms with E-state index in [9.17, 15) is 9.59 Å². The molecule has 1 fully saturated rings. The zero-order valence-corrected chi connectivity index (χ0v) is 13.4. The van der Waals surface area contributed by atoms with Crippen LogP contribution in [0.1, 0.15) is 41.5 Å². The van der Waals surface area contributed by atoms with E-state index in [-0.39, 0.29) is 12.6 Å². The van der Waals surface area contributed by atoms with E-state index in [1.165, 1.54) is 12.0 Å². The highest BCUT2D eigenvalue weighted by atomic mass is 16.6. The van der Waals surface area contributed by atoms with Crippen LogP contribution in [0.2, 0.25) is 0 Å². The zero-order valence-electron chi connectivity index (χ0n) is 13.4. The zero-order chi connectivity index (χ0) is 15.7. The van der Waals surface area contributed by atoms with Crippen molar-refractivity contribution in [2.24, 2.45) is 5.92 Å². The van der Waals surface area contributed by atoms with E-state index < -0.39 is 29.4 Å². The molecule has 0 aromatic rings. The first-order chi connectivity index (χ1) is 8.99. The second kappa shape index (κ2) is 5.60. The molecule has 6 nitrogen and oxygen atoms in total. The molecule has 0 spiro atoms. The molecule has 6 heteroatoms. The normalized spacial score (nSPS) is 23.4. The first kappa shape index (κ1) is 16.8. The third-order valence-corrected chi connectivity index (χ3v) is 3.26. The number of amides is 1. The van der Waals surface area contributed by atoms with Gasteiger partial charge in [0.2, 0.25) is 0 Å². The van der Waals surface area contributed by atoms with Gasteiger partial charge in [-0.1, -0.05) is 0 Å². The number of carbonyl (C=O) groups is 2. The van der Waals surface area contributed by atoms with Gasteiger partial charge in [-0.15, -0.1) is 0 Å². The van der Waals surface area contributed by atoms with Gasteiger partial charge in [-0.05, 0) is 41.5 Å². The Hall–Kier alpha value is -1.30. The molecule has 20 heavy (non-hydrogen) atoms. The third-order valence-electron chi connectivity index (χ3n) is 3.26. The van der Waals surface area contributed by atoms with Crippen LogP contribution in [0, 0.1) is 5.92 Å². The van der Waals surface area contributed by atoms with Crippen molar-refractivity contribution in [2.45, 2.75) is 58.9 Å². The summed E-state index contributed by atoms with van der Waals surface area (Å²) in [6, 6.07) is -0.396. The van der Waals surface area contributed by atoms with Gasteiger partial charge >= 0.3 is 12.1 Å². The lowest BCUT2D eigenvalue weighted by Crippen LogP contribution is -2.52. The summed E-state index contributed by atoms with van der Waals surface area (Å²) >= 11 is 0. The summed E-state index contributed by atoms with van der Waals surface area (Å²) in [5.41, 5.74) is -1.41. The fourth-order valence-corrected chi connectivity index (χ4v) is 2.21. The van der Waals surface area contributed by atoms with Crippen molar-refractivity contribution >= 4 is 12.1 Å². The van der Waals surface area contributed by atoms with Gasteiger partial charge in [0.05, 0.1) is 25.7 Å². The topological polar surface area (TPSA) is 65.1 Å². The van der Waals surface area contributed by atoms with Crippen molar-refractivity contribution in [3.63, 3.8) is 0 Å². The summed E-state index contributed by atoms with van der Waals surface area (Å²) in [4.78, 5) is 25.6. The van der Waals surface area contributed by atoms with Crippen LogP contribution in [0.25, 0.3) is 0 Å². The lowest BCUT2D eigenvalue weighted by atomic mass is 10.0. The van der Waals surface area contributed by atoms with Gasteiger partial charge in [0, 0.05) is 0 Å². The average Bonchev–Trinajstić information content (AvgIpc) is 2.60. The molecule has 0 N–H and O–H groups in total. The average molecular weight is 287 g/mol. The minimum Gasteiger partial charge on any atom is -0.469 e. The smallest absolute Gasteiger partial charge is 0.412 e. The van der Waals surface area contributed by atoms with Crippen molar-refractivity contribution in [1.82, 2.24) is 4.90 Å². The summed E-state index contributed by atoms with van der Waals surface area (Å²) in [7, 11) is 1.33. The van der Waals surface area contributed by atoms with Gasteiger partial charge < -0.3 is 14.2 Å². The van der Waals surface area contributed by atoms with Crippen molar-refractivity contribution in [3.05, 3.63) is 0 Å². The van der Waals surface area contributed by atoms with E-state index in [1.54, 1.807) is 41.5 Å². The summed E-state index contributed by atoms with van der Waals surface area (Å²) in [6.45, 7) is 11.0.